The number of carboxylic acids is 1. The molecule has 1 heterocycles. The lowest BCUT2D eigenvalue weighted by atomic mass is 10.2. The molecule has 1 unspecified atom stereocenters. The standard InChI is InChI=1S/C15H19N3O6S/c1-10(15(21)22)17(2)14(20)11-3-5-12(6-4-11)25(23,24)18-8-7-16-13(19)9-18/h3-6,10H,7-9H2,1-2H3,(H,16,19)(H,21,22). The van der Waals surface area contributed by atoms with Crippen LogP contribution in [0.4, 0.5) is 0 Å². The second-order valence-electron chi connectivity index (χ2n) is 5.64. The Balaban J connectivity index is 2.20. The number of hydrogen-bond donors (Lipinski definition) is 2. The highest BCUT2D eigenvalue weighted by atomic mass is 32.2. The highest BCUT2D eigenvalue weighted by molar-refractivity contribution is 7.89. The van der Waals surface area contributed by atoms with E-state index in [0.717, 1.165) is 9.21 Å². The first-order chi connectivity index (χ1) is 11.6. The normalized spacial score (nSPS) is 16.8. The molecule has 1 fully saturated rings. The molecular weight excluding hydrogens is 350 g/mol. The highest BCUT2D eigenvalue weighted by Gasteiger charge is 2.29. The van der Waals surface area contributed by atoms with Crippen molar-refractivity contribution in [3.05, 3.63) is 29.8 Å². The highest BCUT2D eigenvalue weighted by Crippen LogP contribution is 2.18. The summed E-state index contributed by atoms with van der Waals surface area (Å²) in [4.78, 5) is 35.6. The third-order valence-electron chi connectivity index (χ3n) is 4.00. The van der Waals surface area contributed by atoms with Gasteiger partial charge in [0.1, 0.15) is 6.04 Å². The van der Waals surface area contributed by atoms with E-state index in [0.29, 0.717) is 0 Å². The minimum Gasteiger partial charge on any atom is -0.480 e. The van der Waals surface area contributed by atoms with E-state index >= 15 is 0 Å². The van der Waals surface area contributed by atoms with Crippen molar-refractivity contribution in [3.63, 3.8) is 0 Å². The molecule has 0 saturated carbocycles. The molecule has 1 atom stereocenters. The molecule has 2 amide bonds. The number of aliphatic carboxylic acids is 1. The van der Waals surface area contributed by atoms with Gasteiger partial charge in [0.15, 0.2) is 0 Å². The molecule has 1 aromatic carbocycles. The largest absolute Gasteiger partial charge is 0.480 e. The summed E-state index contributed by atoms with van der Waals surface area (Å²) in [6.07, 6.45) is 0. The molecule has 0 radical (unpaired) electrons. The van der Waals surface area contributed by atoms with Crippen LogP contribution in [0.3, 0.4) is 0 Å². The quantitative estimate of drug-likeness (QED) is 0.711. The number of likely N-dealkylation sites (N-methyl/N-ethyl adjacent to an activating group) is 1. The van der Waals surface area contributed by atoms with E-state index < -0.39 is 27.9 Å². The Kier molecular flexibility index (Phi) is 5.43. The maximum absolute atomic E-state index is 12.5. The summed E-state index contributed by atoms with van der Waals surface area (Å²) < 4.78 is 26.1. The van der Waals surface area contributed by atoms with Crippen molar-refractivity contribution < 1.29 is 27.9 Å². The molecule has 2 N–H and O–H groups in total. The van der Waals surface area contributed by atoms with Crippen LogP contribution in [0.2, 0.25) is 0 Å². The molecule has 0 aromatic heterocycles. The number of carbonyl (C=O) groups excluding carboxylic acids is 2. The summed E-state index contributed by atoms with van der Waals surface area (Å²) in [7, 11) is -2.47. The zero-order valence-corrected chi connectivity index (χ0v) is 14.6. The van der Waals surface area contributed by atoms with Gasteiger partial charge in [0, 0.05) is 25.7 Å². The lowest BCUT2D eigenvalue weighted by Crippen LogP contribution is -2.49. The Labute approximate surface area is 145 Å². The maximum Gasteiger partial charge on any atom is 0.326 e. The minimum atomic E-state index is -3.83. The fourth-order valence-electron chi connectivity index (χ4n) is 2.28. The van der Waals surface area contributed by atoms with Crippen LogP contribution in [0, 0.1) is 0 Å². The third-order valence-corrected chi connectivity index (χ3v) is 5.86. The number of nitrogens with zero attached hydrogens (tertiary/aromatic N) is 2. The molecule has 1 aliphatic heterocycles. The molecule has 0 aliphatic carbocycles. The van der Waals surface area contributed by atoms with Gasteiger partial charge in [0.25, 0.3) is 5.91 Å². The molecule has 0 bridgehead atoms. The molecule has 1 aromatic rings. The number of nitrogens with one attached hydrogen (secondary N) is 1. The first-order valence-corrected chi connectivity index (χ1v) is 8.95. The zero-order chi connectivity index (χ0) is 18.8. The molecule has 2 rings (SSSR count). The van der Waals surface area contributed by atoms with Crippen LogP contribution in [0.5, 0.6) is 0 Å². The van der Waals surface area contributed by atoms with Crippen molar-refractivity contribution in [2.24, 2.45) is 0 Å². The van der Waals surface area contributed by atoms with Crippen LogP contribution >= 0.6 is 0 Å². The van der Waals surface area contributed by atoms with Gasteiger partial charge in [-0.15, -0.1) is 0 Å². The minimum absolute atomic E-state index is 0.0345. The predicted molar refractivity (Wildman–Crippen MR) is 87.4 cm³/mol. The molecular formula is C15H19N3O6S. The molecule has 9 nitrogen and oxygen atoms in total. The fraction of sp³-hybridized carbons (Fsp3) is 0.400. The summed E-state index contributed by atoms with van der Waals surface area (Å²) in [5.41, 5.74) is 0.172. The van der Waals surface area contributed by atoms with Gasteiger partial charge in [0.2, 0.25) is 15.9 Å². The monoisotopic (exact) mass is 369 g/mol. The first kappa shape index (κ1) is 18.9. The zero-order valence-electron chi connectivity index (χ0n) is 13.8. The SMILES string of the molecule is CC(C(=O)O)N(C)C(=O)c1ccc(S(=O)(=O)N2CCNC(=O)C2)cc1. The van der Waals surface area contributed by atoms with Crippen molar-refractivity contribution in [1.82, 2.24) is 14.5 Å². The van der Waals surface area contributed by atoms with Gasteiger partial charge in [-0.1, -0.05) is 0 Å². The Hall–Kier alpha value is -2.46. The molecule has 10 heteroatoms. The second kappa shape index (κ2) is 7.19. The number of piperazine rings is 1. The third kappa shape index (κ3) is 3.97. The van der Waals surface area contributed by atoms with Crippen LogP contribution in [-0.4, -0.2) is 73.2 Å². The van der Waals surface area contributed by atoms with E-state index in [9.17, 15) is 22.8 Å². The van der Waals surface area contributed by atoms with Gasteiger partial charge in [-0.05, 0) is 31.2 Å². The average Bonchev–Trinajstić information content (AvgIpc) is 2.59. The van der Waals surface area contributed by atoms with Crippen molar-refractivity contribution in [1.29, 1.82) is 0 Å². The average molecular weight is 369 g/mol. The van der Waals surface area contributed by atoms with Crippen molar-refractivity contribution >= 4 is 27.8 Å². The van der Waals surface area contributed by atoms with Gasteiger partial charge >= 0.3 is 5.97 Å². The van der Waals surface area contributed by atoms with Crippen molar-refractivity contribution in [2.45, 2.75) is 17.9 Å². The smallest absolute Gasteiger partial charge is 0.326 e. The van der Waals surface area contributed by atoms with Crippen LogP contribution in [0.15, 0.2) is 29.2 Å². The van der Waals surface area contributed by atoms with Gasteiger partial charge < -0.3 is 15.3 Å². The van der Waals surface area contributed by atoms with Crippen molar-refractivity contribution in [2.75, 3.05) is 26.7 Å². The van der Waals surface area contributed by atoms with Gasteiger partial charge in [0.05, 0.1) is 11.4 Å². The van der Waals surface area contributed by atoms with Crippen LogP contribution < -0.4 is 5.32 Å². The van der Waals surface area contributed by atoms with Gasteiger partial charge in [-0.3, -0.25) is 9.59 Å². The van der Waals surface area contributed by atoms with E-state index in [1.54, 1.807) is 0 Å². The number of carboxylic acid groups (broad SMARTS) is 1. The number of sulfonamides is 1. The van der Waals surface area contributed by atoms with E-state index in [1.807, 2.05) is 0 Å². The van der Waals surface area contributed by atoms with Gasteiger partial charge in [-0.25, -0.2) is 13.2 Å². The summed E-state index contributed by atoms with van der Waals surface area (Å²) in [5, 5.41) is 11.5. The first-order valence-electron chi connectivity index (χ1n) is 7.51. The molecule has 1 aliphatic rings. The van der Waals surface area contributed by atoms with E-state index in [4.69, 9.17) is 5.11 Å². The molecule has 25 heavy (non-hydrogen) atoms. The van der Waals surface area contributed by atoms with Crippen LogP contribution in [0.25, 0.3) is 0 Å². The number of carbonyl (C=O) groups is 3. The fourth-order valence-corrected chi connectivity index (χ4v) is 3.68. The summed E-state index contributed by atoms with van der Waals surface area (Å²) >= 11 is 0. The Morgan fingerprint density at radius 1 is 1.28 bits per heavy atom. The van der Waals surface area contributed by atoms with Gasteiger partial charge in [-0.2, -0.15) is 4.31 Å². The van der Waals surface area contributed by atoms with Crippen LogP contribution in [0.1, 0.15) is 17.3 Å². The lowest BCUT2D eigenvalue weighted by Gasteiger charge is -2.26. The van der Waals surface area contributed by atoms with E-state index in [1.165, 1.54) is 38.2 Å². The van der Waals surface area contributed by atoms with Crippen LogP contribution in [-0.2, 0) is 19.6 Å². The Morgan fingerprint density at radius 2 is 1.88 bits per heavy atom. The Morgan fingerprint density at radius 3 is 2.40 bits per heavy atom. The topological polar surface area (TPSA) is 124 Å². The summed E-state index contributed by atoms with van der Waals surface area (Å²) in [6, 6.07) is 4.18. The Bertz CT molecular complexity index is 790. The number of amides is 2. The number of benzene rings is 1. The molecule has 136 valence electrons. The van der Waals surface area contributed by atoms with E-state index in [-0.39, 0.29) is 36.0 Å². The van der Waals surface area contributed by atoms with Crippen molar-refractivity contribution in [3.8, 4) is 0 Å². The predicted octanol–water partition coefficient (Wildman–Crippen LogP) is -0.648. The second-order valence-corrected chi connectivity index (χ2v) is 7.58. The number of hydrogen-bond acceptors (Lipinski definition) is 5. The molecule has 0 spiro atoms. The lowest BCUT2D eigenvalue weighted by molar-refractivity contribution is -0.141. The summed E-state index contributed by atoms with van der Waals surface area (Å²) in [5.74, 6) is -2.04. The number of rotatable bonds is 5. The molecule has 1 saturated heterocycles. The maximum atomic E-state index is 12.5. The summed E-state index contributed by atoms with van der Waals surface area (Å²) in [6.45, 7) is 1.54. The van der Waals surface area contributed by atoms with E-state index in [2.05, 4.69) is 5.32 Å².